The Kier molecular flexibility index (Phi) is 7.08. The molecule has 0 radical (unpaired) electrons. The monoisotopic (exact) mass is 340 g/mol. The van der Waals surface area contributed by atoms with Gasteiger partial charge in [-0.25, -0.2) is 0 Å². The highest BCUT2D eigenvalue weighted by Gasteiger charge is 2.05. The van der Waals surface area contributed by atoms with E-state index in [4.69, 9.17) is 14.2 Å². The number of allylic oxidation sites excluding steroid dienone is 1. The normalized spacial score (nSPS) is 10.7. The molecule has 0 spiro atoms. The van der Waals surface area contributed by atoms with Crippen molar-refractivity contribution in [1.29, 1.82) is 0 Å². The molecule has 2 rings (SSSR count). The van der Waals surface area contributed by atoms with E-state index in [-0.39, 0.29) is 5.78 Å². The van der Waals surface area contributed by atoms with Crippen molar-refractivity contribution in [3.8, 4) is 17.2 Å². The van der Waals surface area contributed by atoms with Crippen molar-refractivity contribution in [2.24, 2.45) is 0 Å². The molecule has 0 bridgehead atoms. The predicted octanol–water partition coefficient (Wildman–Crippen LogP) is 4.78. The van der Waals surface area contributed by atoms with Crippen LogP contribution in [0.25, 0.3) is 6.08 Å². The van der Waals surface area contributed by atoms with Gasteiger partial charge in [0.15, 0.2) is 5.78 Å². The molecule has 0 fully saturated rings. The summed E-state index contributed by atoms with van der Waals surface area (Å²) in [5.74, 6) is 2.07. The molecular formula is C21H24O4. The summed E-state index contributed by atoms with van der Waals surface area (Å²) in [6.07, 6.45) is 5.40. The SMILES string of the molecule is CCCCOc1ccc(C(=O)/C=C/c2ccc(OC)cc2OC)cc1. The van der Waals surface area contributed by atoms with E-state index >= 15 is 0 Å². The number of unbranched alkanes of at least 4 members (excludes halogenated alkanes) is 1. The summed E-state index contributed by atoms with van der Waals surface area (Å²) in [6.45, 7) is 2.82. The lowest BCUT2D eigenvalue weighted by Gasteiger charge is -2.07. The second-order valence-corrected chi connectivity index (χ2v) is 5.53. The van der Waals surface area contributed by atoms with Gasteiger partial charge in [0.1, 0.15) is 17.2 Å². The van der Waals surface area contributed by atoms with E-state index in [2.05, 4.69) is 6.92 Å². The molecule has 0 aliphatic carbocycles. The second-order valence-electron chi connectivity index (χ2n) is 5.53. The Morgan fingerprint density at radius 2 is 1.72 bits per heavy atom. The van der Waals surface area contributed by atoms with Crippen molar-refractivity contribution >= 4 is 11.9 Å². The van der Waals surface area contributed by atoms with Crippen molar-refractivity contribution in [3.63, 3.8) is 0 Å². The Bertz CT molecular complexity index is 717. The molecule has 2 aromatic rings. The number of ketones is 1. The highest BCUT2D eigenvalue weighted by molar-refractivity contribution is 6.07. The lowest BCUT2D eigenvalue weighted by Crippen LogP contribution is -1.98. The van der Waals surface area contributed by atoms with Crippen LogP contribution in [-0.4, -0.2) is 26.6 Å². The van der Waals surface area contributed by atoms with E-state index in [0.717, 1.165) is 24.2 Å². The van der Waals surface area contributed by atoms with Crippen LogP contribution in [0, 0.1) is 0 Å². The standard InChI is InChI=1S/C21H24O4/c1-4-5-14-25-18-10-6-16(7-11-18)20(22)13-9-17-8-12-19(23-2)15-21(17)24-3/h6-13,15H,4-5,14H2,1-3H3/b13-9+. The molecule has 4 nitrogen and oxygen atoms in total. The Balaban J connectivity index is 2.05. The first kappa shape index (κ1) is 18.6. The summed E-state index contributed by atoms with van der Waals surface area (Å²) in [7, 11) is 3.19. The van der Waals surface area contributed by atoms with E-state index < -0.39 is 0 Å². The summed E-state index contributed by atoms with van der Waals surface area (Å²) in [5, 5.41) is 0. The number of hydrogen-bond acceptors (Lipinski definition) is 4. The zero-order valence-electron chi connectivity index (χ0n) is 15.0. The number of hydrogen-bond donors (Lipinski definition) is 0. The van der Waals surface area contributed by atoms with E-state index in [0.29, 0.717) is 23.7 Å². The minimum absolute atomic E-state index is 0.0713. The van der Waals surface area contributed by atoms with Crippen LogP contribution < -0.4 is 14.2 Å². The Labute approximate surface area is 149 Å². The molecule has 0 heterocycles. The topological polar surface area (TPSA) is 44.8 Å². The van der Waals surface area contributed by atoms with Crippen LogP contribution >= 0.6 is 0 Å². The van der Waals surface area contributed by atoms with E-state index in [1.807, 2.05) is 24.3 Å². The number of benzene rings is 2. The van der Waals surface area contributed by atoms with Gasteiger partial charge in [0.25, 0.3) is 0 Å². The Hall–Kier alpha value is -2.75. The molecule has 0 aliphatic rings. The highest BCUT2D eigenvalue weighted by atomic mass is 16.5. The summed E-state index contributed by atoms with van der Waals surface area (Å²) < 4.78 is 16.1. The highest BCUT2D eigenvalue weighted by Crippen LogP contribution is 2.25. The fraction of sp³-hybridized carbons (Fsp3) is 0.286. The summed E-state index contributed by atoms with van der Waals surface area (Å²) in [4.78, 5) is 12.3. The second kappa shape index (κ2) is 9.52. The average molecular weight is 340 g/mol. The zero-order valence-corrected chi connectivity index (χ0v) is 15.0. The molecule has 0 amide bonds. The summed E-state index contributed by atoms with van der Waals surface area (Å²) >= 11 is 0. The van der Waals surface area contributed by atoms with Crippen molar-refractivity contribution in [2.45, 2.75) is 19.8 Å². The maximum Gasteiger partial charge on any atom is 0.185 e. The van der Waals surface area contributed by atoms with Gasteiger partial charge in [-0.05, 0) is 55.0 Å². The molecule has 0 saturated carbocycles. The van der Waals surface area contributed by atoms with Gasteiger partial charge in [0.05, 0.1) is 20.8 Å². The number of carbonyl (C=O) groups excluding carboxylic acids is 1. The van der Waals surface area contributed by atoms with Crippen molar-refractivity contribution < 1.29 is 19.0 Å². The molecule has 132 valence electrons. The molecule has 25 heavy (non-hydrogen) atoms. The molecule has 0 unspecified atom stereocenters. The largest absolute Gasteiger partial charge is 0.497 e. The minimum atomic E-state index is -0.0713. The zero-order chi connectivity index (χ0) is 18.1. The van der Waals surface area contributed by atoms with Gasteiger partial charge in [-0.2, -0.15) is 0 Å². The maximum atomic E-state index is 12.3. The lowest BCUT2D eigenvalue weighted by molar-refractivity contribution is 0.104. The van der Waals surface area contributed by atoms with E-state index in [1.165, 1.54) is 6.08 Å². The summed E-state index contributed by atoms with van der Waals surface area (Å²) in [6, 6.07) is 12.7. The average Bonchev–Trinajstić information content (AvgIpc) is 2.66. The molecule has 4 heteroatoms. The fourth-order valence-corrected chi connectivity index (χ4v) is 2.27. The summed E-state index contributed by atoms with van der Waals surface area (Å²) in [5.41, 5.74) is 1.43. The number of rotatable bonds is 9. The molecule has 2 aromatic carbocycles. The third-order valence-electron chi connectivity index (χ3n) is 3.76. The molecule has 0 aliphatic heterocycles. The maximum absolute atomic E-state index is 12.3. The molecule has 0 N–H and O–H groups in total. The third kappa shape index (κ3) is 5.38. The number of ether oxygens (including phenoxy) is 3. The smallest absolute Gasteiger partial charge is 0.185 e. The van der Waals surface area contributed by atoms with Gasteiger partial charge >= 0.3 is 0 Å². The predicted molar refractivity (Wildman–Crippen MR) is 99.8 cm³/mol. The molecule has 0 saturated heterocycles. The van der Waals surface area contributed by atoms with Gasteiger partial charge in [-0.15, -0.1) is 0 Å². The van der Waals surface area contributed by atoms with Crippen molar-refractivity contribution in [1.82, 2.24) is 0 Å². The first-order valence-corrected chi connectivity index (χ1v) is 8.35. The van der Waals surface area contributed by atoms with Gasteiger partial charge in [0, 0.05) is 17.2 Å². The first-order valence-electron chi connectivity index (χ1n) is 8.35. The minimum Gasteiger partial charge on any atom is -0.497 e. The van der Waals surface area contributed by atoms with Crippen LogP contribution in [0.4, 0.5) is 0 Å². The Morgan fingerprint density at radius 3 is 2.36 bits per heavy atom. The Morgan fingerprint density at radius 1 is 1.00 bits per heavy atom. The van der Waals surface area contributed by atoms with Crippen molar-refractivity contribution in [2.75, 3.05) is 20.8 Å². The lowest BCUT2D eigenvalue weighted by atomic mass is 10.1. The third-order valence-corrected chi connectivity index (χ3v) is 3.76. The van der Waals surface area contributed by atoms with Crippen LogP contribution in [0.5, 0.6) is 17.2 Å². The van der Waals surface area contributed by atoms with E-state index in [9.17, 15) is 4.79 Å². The molecule has 0 aromatic heterocycles. The molecular weight excluding hydrogens is 316 g/mol. The fourth-order valence-electron chi connectivity index (χ4n) is 2.27. The van der Waals surface area contributed by atoms with Gasteiger partial charge in [-0.1, -0.05) is 13.3 Å². The number of methoxy groups -OCH3 is 2. The van der Waals surface area contributed by atoms with Crippen LogP contribution in [0.3, 0.4) is 0 Å². The van der Waals surface area contributed by atoms with E-state index in [1.54, 1.807) is 38.5 Å². The first-order chi connectivity index (χ1) is 12.2. The van der Waals surface area contributed by atoms with Gasteiger partial charge < -0.3 is 14.2 Å². The van der Waals surface area contributed by atoms with Crippen LogP contribution in [0.1, 0.15) is 35.7 Å². The van der Waals surface area contributed by atoms with Crippen LogP contribution in [0.15, 0.2) is 48.5 Å². The van der Waals surface area contributed by atoms with Crippen LogP contribution in [-0.2, 0) is 0 Å². The van der Waals surface area contributed by atoms with Gasteiger partial charge in [0.2, 0.25) is 0 Å². The number of carbonyl (C=O) groups is 1. The quantitative estimate of drug-likeness (QED) is 0.374. The molecule has 0 atom stereocenters. The van der Waals surface area contributed by atoms with Crippen LogP contribution in [0.2, 0.25) is 0 Å². The van der Waals surface area contributed by atoms with Crippen molar-refractivity contribution in [3.05, 3.63) is 59.7 Å². The van der Waals surface area contributed by atoms with Gasteiger partial charge in [-0.3, -0.25) is 4.79 Å².